The van der Waals surface area contributed by atoms with Crippen LogP contribution in [0.1, 0.15) is 24.3 Å². The van der Waals surface area contributed by atoms with E-state index in [-0.39, 0.29) is 5.91 Å². The molecule has 0 saturated carbocycles. The molecule has 6 heteroatoms. The molecule has 2 heterocycles. The van der Waals surface area contributed by atoms with Crippen LogP contribution in [0.2, 0.25) is 0 Å². The summed E-state index contributed by atoms with van der Waals surface area (Å²) in [6, 6.07) is 7.87. The Morgan fingerprint density at radius 2 is 2.00 bits per heavy atom. The summed E-state index contributed by atoms with van der Waals surface area (Å²) >= 11 is 1.51. The maximum absolute atomic E-state index is 12.3. The fourth-order valence-corrected chi connectivity index (χ4v) is 2.98. The summed E-state index contributed by atoms with van der Waals surface area (Å²) in [5.41, 5.74) is 1.76. The van der Waals surface area contributed by atoms with Crippen LogP contribution in [0, 0.1) is 5.92 Å². The molecule has 3 aromatic rings. The minimum Gasteiger partial charge on any atom is -0.350 e. The highest BCUT2D eigenvalue weighted by Crippen LogP contribution is 2.29. The summed E-state index contributed by atoms with van der Waals surface area (Å²) in [5.74, 6) is 0.169. The van der Waals surface area contributed by atoms with Crippen LogP contribution in [0.5, 0.6) is 0 Å². The Morgan fingerprint density at radius 3 is 2.77 bits per heavy atom. The van der Waals surface area contributed by atoms with Gasteiger partial charge in [0, 0.05) is 18.9 Å². The van der Waals surface area contributed by atoms with Crippen molar-refractivity contribution in [2.45, 2.75) is 13.8 Å². The minimum atomic E-state index is -0.212. The Balaban J connectivity index is 1.98. The van der Waals surface area contributed by atoms with E-state index < -0.39 is 0 Å². The second-order valence-electron chi connectivity index (χ2n) is 5.34. The van der Waals surface area contributed by atoms with Gasteiger partial charge < -0.3 is 5.32 Å². The van der Waals surface area contributed by atoms with Gasteiger partial charge in [0.05, 0.1) is 10.2 Å². The number of hydrogen-bond acceptors (Lipinski definition) is 5. The number of benzene rings is 1. The predicted octanol–water partition coefficient (Wildman–Crippen LogP) is 3.14. The molecule has 1 N–H and O–H groups in total. The van der Waals surface area contributed by atoms with Gasteiger partial charge in [0.2, 0.25) is 0 Å². The normalized spacial score (nSPS) is 11.0. The predicted molar refractivity (Wildman–Crippen MR) is 87.8 cm³/mol. The number of nitrogens with zero attached hydrogens (tertiary/aromatic N) is 3. The molecular weight excluding hydrogens is 296 g/mol. The smallest absolute Gasteiger partial charge is 0.272 e. The number of amides is 1. The highest BCUT2D eigenvalue weighted by atomic mass is 32.1. The maximum Gasteiger partial charge on any atom is 0.272 e. The summed E-state index contributed by atoms with van der Waals surface area (Å²) in [7, 11) is 0. The largest absolute Gasteiger partial charge is 0.350 e. The minimum absolute atomic E-state index is 0.212. The molecule has 0 atom stereocenters. The Kier molecular flexibility index (Phi) is 4.11. The third-order valence-electron chi connectivity index (χ3n) is 3.08. The van der Waals surface area contributed by atoms with E-state index >= 15 is 0 Å². The van der Waals surface area contributed by atoms with Crippen molar-refractivity contribution in [3.05, 3.63) is 42.4 Å². The van der Waals surface area contributed by atoms with Crippen molar-refractivity contribution < 1.29 is 4.79 Å². The average Bonchev–Trinajstić information content (AvgIpc) is 2.96. The molecular formula is C16H16N4OS. The molecule has 3 rings (SSSR count). The Hall–Kier alpha value is -2.34. The lowest BCUT2D eigenvalue weighted by Gasteiger charge is -2.08. The van der Waals surface area contributed by atoms with Crippen molar-refractivity contribution in [3.8, 4) is 10.7 Å². The van der Waals surface area contributed by atoms with Crippen LogP contribution >= 0.6 is 11.3 Å². The number of aromatic nitrogens is 3. The van der Waals surface area contributed by atoms with E-state index in [4.69, 9.17) is 0 Å². The van der Waals surface area contributed by atoms with Gasteiger partial charge in [-0.3, -0.25) is 4.79 Å². The van der Waals surface area contributed by atoms with Gasteiger partial charge in [-0.25, -0.2) is 15.0 Å². The average molecular weight is 312 g/mol. The molecule has 1 amide bonds. The van der Waals surface area contributed by atoms with Crippen LogP contribution in [-0.2, 0) is 0 Å². The highest BCUT2D eigenvalue weighted by molar-refractivity contribution is 7.21. The molecule has 0 aliphatic carbocycles. The van der Waals surface area contributed by atoms with Gasteiger partial charge in [-0.2, -0.15) is 0 Å². The van der Waals surface area contributed by atoms with Crippen LogP contribution in [-0.4, -0.2) is 27.4 Å². The highest BCUT2D eigenvalue weighted by Gasteiger charge is 2.18. The van der Waals surface area contributed by atoms with Crippen LogP contribution in [0.25, 0.3) is 20.9 Å². The number of thiazole rings is 1. The molecule has 0 radical (unpaired) electrons. The second-order valence-corrected chi connectivity index (χ2v) is 6.37. The summed E-state index contributed by atoms with van der Waals surface area (Å²) in [4.78, 5) is 25.4. The van der Waals surface area contributed by atoms with Crippen molar-refractivity contribution in [1.29, 1.82) is 0 Å². The lowest BCUT2D eigenvalue weighted by molar-refractivity contribution is 0.0944. The van der Waals surface area contributed by atoms with E-state index in [1.165, 1.54) is 17.5 Å². The van der Waals surface area contributed by atoms with Gasteiger partial charge in [0.15, 0.2) is 5.69 Å². The maximum atomic E-state index is 12.3. The molecule has 1 aromatic carbocycles. The number of carbonyl (C=O) groups is 1. The number of carbonyl (C=O) groups excluding carboxylic acids is 1. The lowest BCUT2D eigenvalue weighted by atomic mass is 10.2. The zero-order chi connectivity index (χ0) is 15.5. The van der Waals surface area contributed by atoms with Crippen molar-refractivity contribution >= 4 is 27.5 Å². The molecule has 0 aliphatic heterocycles. The number of rotatable bonds is 4. The van der Waals surface area contributed by atoms with E-state index in [1.54, 1.807) is 6.20 Å². The monoisotopic (exact) mass is 312 g/mol. The number of hydrogen-bond donors (Lipinski definition) is 1. The van der Waals surface area contributed by atoms with Crippen LogP contribution in [0.4, 0.5) is 0 Å². The van der Waals surface area contributed by atoms with Gasteiger partial charge in [0.25, 0.3) is 5.91 Å². The van der Waals surface area contributed by atoms with Crippen molar-refractivity contribution in [3.63, 3.8) is 0 Å². The zero-order valence-electron chi connectivity index (χ0n) is 12.4. The zero-order valence-corrected chi connectivity index (χ0v) is 13.2. The van der Waals surface area contributed by atoms with Crippen molar-refractivity contribution in [1.82, 2.24) is 20.3 Å². The fourth-order valence-electron chi connectivity index (χ4n) is 2.01. The third kappa shape index (κ3) is 2.96. The van der Waals surface area contributed by atoms with Crippen LogP contribution in [0.15, 0.2) is 36.7 Å². The standard InChI is InChI=1S/C16H16N4OS/c1-10(2)9-19-15(21)13-14(18-8-7-17-13)16-20-11-5-3-4-6-12(11)22-16/h3-8,10H,9H2,1-2H3,(H,19,21). The molecule has 0 saturated heterocycles. The quantitative estimate of drug-likeness (QED) is 0.803. The van der Waals surface area contributed by atoms with E-state index in [9.17, 15) is 4.79 Å². The summed E-state index contributed by atoms with van der Waals surface area (Å²) in [5, 5.41) is 3.59. The fraction of sp³-hybridized carbons (Fsp3) is 0.250. The summed E-state index contributed by atoms with van der Waals surface area (Å²) in [6.45, 7) is 4.70. The second kappa shape index (κ2) is 6.19. The third-order valence-corrected chi connectivity index (χ3v) is 4.12. The van der Waals surface area contributed by atoms with E-state index in [0.717, 1.165) is 10.2 Å². The molecule has 0 spiro atoms. The van der Waals surface area contributed by atoms with Gasteiger partial charge >= 0.3 is 0 Å². The molecule has 0 fully saturated rings. The van der Waals surface area contributed by atoms with E-state index in [0.29, 0.717) is 28.9 Å². The summed E-state index contributed by atoms with van der Waals surface area (Å²) in [6.07, 6.45) is 3.11. The number of para-hydroxylation sites is 1. The molecule has 0 bridgehead atoms. The molecule has 0 aliphatic rings. The van der Waals surface area contributed by atoms with E-state index in [2.05, 4.69) is 20.3 Å². The first-order valence-corrected chi connectivity index (χ1v) is 7.92. The first-order valence-electron chi connectivity index (χ1n) is 7.10. The number of nitrogens with one attached hydrogen (secondary N) is 1. The molecule has 2 aromatic heterocycles. The van der Waals surface area contributed by atoms with Gasteiger partial charge in [0.1, 0.15) is 10.7 Å². The Bertz CT molecular complexity index is 780. The molecule has 112 valence electrons. The van der Waals surface area contributed by atoms with Gasteiger partial charge in [-0.1, -0.05) is 26.0 Å². The lowest BCUT2D eigenvalue weighted by Crippen LogP contribution is -2.28. The van der Waals surface area contributed by atoms with Crippen molar-refractivity contribution in [2.75, 3.05) is 6.54 Å². The number of fused-ring (bicyclic) bond motifs is 1. The molecule has 0 unspecified atom stereocenters. The van der Waals surface area contributed by atoms with Crippen molar-refractivity contribution in [2.24, 2.45) is 5.92 Å². The topological polar surface area (TPSA) is 67.8 Å². The van der Waals surface area contributed by atoms with Gasteiger partial charge in [-0.05, 0) is 18.1 Å². The molecule has 22 heavy (non-hydrogen) atoms. The van der Waals surface area contributed by atoms with Crippen LogP contribution in [0.3, 0.4) is 0 Å². The van der Waals surface area contributed by atoms with Gasteiger partial charge in [-0.15, -0.1) is 11.3 Å². The van der Waals surface area contributed by atoms with Crippen LogP contribution < -0.4 is 5.32 Å². The Morgan fingerprint density at radius 1 is 1.23 bits per heavy atom. The van der Waals surface area contributed by atoms with E-state index in [1.807, 2.05) is 38.1 Å². The summed E-state index contributed by atoms with van der Waals surface area (Å²) < 4.78 is 1.07. The first-order chi connectivity index (χ1) is 10.6. The first kappa shape index (κ1) is 14.6. The molecule has 5 nitrogen and oxygen atoms in total. The SMILES string of the molecule is CC(C)CNC(=O)c1nccnc1-c1nc2ccccc2s1. The Labute approximate surface area is 132 Å².